The second-order valence-electron chi connectivity index (χ2n) is 2.63. The van der Waals surface area contributed by atoms with Gasteiger partial charge in [-0.25, -0.2) is 0 Å². The number of nitro benzene ring substituents is 1. The number of aliphatic hydroxyl groups excluding tert-OH is 1. The van der Waals surface area contributed by atoms with Gasteiger partial charge < -0.3 is 5.11 Å². The van der Waals surface area contributed by atoms with Crippen LogP contribution in [0, 0.1) is 10.1 Å². The van der Waals surface area contributed by atoms with Crippen molar-refractivity contribution in [3.63, 3.8) is 0 Å². The second kappa shape index (κ2) is 4.59. The Kier molecular flexibility index (Phi) is 3.69. The number of aliphatic hydroxyl groups is 1. The first kappa shape index (κ1) is 11.2. The number of nitro groups is 1. The first-order valence-corrected chi connectivity index (χ1v) is 4.55. The molecule has 6 heteroatoms. The van der Waals surface area contributed by atoms with E-state index < -0.39 is 4.92 Å². The summed E-state index contributed by atoms with van der Waals surface area (Å²) in [5, 5.41) is 19.5. The van der Waals surface area contributed by atoms with Crippen molar-refractivity contribution in [2.45, 2.75) is 6.42 Å². The van der Waals surface area contributed by atoms with Crippen LogP contribution in [0.5, 0.6) is 0 Å². The molecule has 1 rings (SSSR count). The summed E-state index contributed by atoms with van der Waals surface area (Å²) in [6, 6.07) is 2.59. The van der Waals surface area contributed by atoms with Crippen molar-refractivity contribution in [1.82, 2.24) is 0 Å². The van der Waals surface area contributed by atoms with Crippen LogP contribution in [0.25, 0.3) is 0 Å². The van der Waals surface area contributed by atoms with Crippen molar-refractivity contribution >= 4 is 28.9 Å². The molecule has 1 aromatic carbocycles. The van der Waals surface area contributed by atoms with Gasteiger partial charge in [-0.1, -0.05) is 23.2 Å². The van der Waals surface area contributed by atoms with Gasteiger partial charge in [0.1, 0.15) is 5.02 Å². The van der Waals surface area contributed by atoms with Crippen molar-refractivity contribution < 1.29 is 10.0 Å². The quantitative estimate of drug-likeness (QED) is 0.647. The zero-order valence-corrected chi connectivity index (χ0v) is 8.55. The van der Waals surface area contributed by atoms with E-state index in [0.29, 0.717) is 10.6 Å². The van der Waals surface area contributed by atoms with E-state index in [0.717, 1.165) is 0 Å². The van der Waals surface area contributed by atoms with Crippen LogP contribution in [0.3, 0.4) is 0 Å². The van der Waals surface area contributed by atoms with E-state index in [2.05, 4.69) is 0 Å². The smallest absolute Gasteiger partial charge is 0.288 e. The number of hydrogen-bond acceptors (Lipinski definition) is 3. The zero-order valence-electron chi connectivity index (χ0n) is 7.04. The largest absolute Gasteiger partial charge is 0.396 e. The minimum absolute atomic E-state index is 0.00156. The summed E-state index contributed by atoms with van der Waals surface area (Å²) >= 11 is 11.4. The molecule has 0 bridgehead atoms. The molecule has 1 N–H and O–H groups in total. The summed E-state index contributed by atoms with van der Waals surface area (Å²) in [5.74, 6) is 0. The fourth-order valence-corrected chi connectivity index (χ4v) is 1.58. The summed E-state index contributed by atoms with van der Waals surface area (Å²) in [6.45, 7) is -0.113. The van der Waals surface area contributed by atoms with E-state index in [1.165, 1.54) is 12.1 Å². The van der Waals surface area contributed by atoms with Crippen molar-refractivity contribution in [3.8, 4) is 0 Å². The SMILES string of the molecule is O=[N+]([O-])c1cc(CCO)c(Cl)cc1Cl. The molecule has 4 nitrogen and oxygen atoms in total. The average molecular weight is 236 g/mol. The predicted octanol–water partition coefficient (Wildman–Crippen LogP) is 2.44. The van der Waals surface area contributed by atoms with E-state index >= 15 is 0 Å². The molecule has 0 aliphatic carbocycles. The molecule has 0 atom stereocenters. The highest BCUT2D eigenvalue weighted by Gasteiger charge is 2.15. The third-order valence-corrected chi connectivity index (χ3v) is 2.35. The van der Waals surface area contributed by atoms with Gasteiger partial charge in [0.25, 0.3) is 5.69 Å². The molecule has 0 aliphatic heterocycles. The fourth-order valence-electron chi connectivity index (χ4n) is 1.03. The van der Waals surface area contributed by atoms with Crippen molar-refractivity contribution in [2.75, 3.05) is 6.61 Å². The van der Waals surface area contributed by atoms with Crippen molar-refractivity contribution in [1.29, 1.82) is 0 Å². The van der Waals surface area contributed by atoms with Gasteiger partial charge in [-0.05, 0) is 18.1 Å². The molecule has 0 radical (unpaired) electrons. The minimum atomic E-state index is -0.584. The number of hydrogen-bond donors (Lipinski definition) is 1. The highest BCUT2D eigenvalue weighted by molar-refractivity contribution is 6.36. The molecule has 0 aliphatic rings. The lowest BCUT2D eigenvalue weighted by atomic mass is 10.1. The molecule has 1 aromatic rings. The van der Waals surface area contributed by atoms with Gasteiger partial charge in [-0.3, -0.25) is 10.1 Å². The van der Waals surface area contributed by atoms with E-state index in [-0.39, 0.29) is 23.7 Å². The Morgan fingerprint density at radius 1 is 1.36 bits per heavy atom. The van der Waals surface area contributed by atoms with Gasteiger partial charge in [-0.15, -0.1) is 0 Å². The molecule has 0 heterocycles. The van der Waals surface area contributed by atoms with Gasteiger partial charge in [0.15, 0.2) is 0 Å². The van der Waals surface area contributed by atoms with Crippen LogP contribution in [0.2, 0.25) is 10.0 Å². The van der Waals surface area contributed by atoms with Crippen LogP contribution < -0.4 is 0 Å². The highest BCUT2D eigenvalue weighted by atomic mass is 35.5. The number of nitrogens with zero attached hydrogens (tertiary/aromatic N) is 1. The van der Waals surface area contributed by atoms with Crippen LogP contribution in [0.1, 0.15) is 5.56 Å². The third-order valence-electron chi connectivity index (χ3n) is 1.69. The van der Waals surface area contributed by atoms with Crippen molar-refractivity contribution in [2.24, 2.45) is 0 Å². The predicted molar refractivity (Wildman–Crippen MR) is 53.9 cm³/mol. The number of benzene rings is 1. The van der Waals surface area contributed by atoms with E-state index in [9.17, 15) is 10.1 Å². The maximum Gasteiger partial charge on any atom is 0.288 e. The second-order valence-corrected chi connectivity index (χ2v) is 3.44. The monoisotopic (exact) mass is 235 g/mol. The maximum absolute atomic E-state index is 10.5. The molecule has 0 amide bonds. The lowest BCUT2D eigenvalue weighted by Crippen LogP contribution is -1.96. The first-order chi connectivity index (χ1) is 6.56. The molecule has 76 valence electrons. The molecule has 0 saturated heterocycles. The summed E-state index contributed by atoms with van der Waals surface area (Å²) in [5.41, 5.74) is 0.324. The Morgan fingerprint density at radius 3 is 2.50 bits per heavy atom. The Hall–Kier alpha value is -0.840. The Bertz CT molecular complexity index is 368. The van der Waals surface area contributed by atoms with E-state index in [1.807, 2.05) is 0 Å². The van der Waals surface area contributed by atoms with Crippen LogP contribution in [0.4, 0.5) is 5.69 Å². The first-order valence-electron chi connectivity index (χ1n) is 3.79. The molecule has 14 heavy (non-hydrogen) atoms. The zero-order chi connectivity index (χ0) is 10.7. The van der Waals surface area contributed by atoms with E-state index in [4.69, 9.17) is 28.3 Å². The average Bonchev–Trinajstić information content (AvgIpc) is 2.09. The summed E-state index contributed by atoms with van der Waals surface area (Å²) in [7, 11) is 0. The lowest BCUT2D eigenvalue weighted by molar-refractivity contribution is -0.384. The fraction of sp³-hybridized carbons (Fsp3) is 0.250. The van der Waals surface area contributed by atoms with E-state index in [1.54, 1.807) is 0 Å². The summed E-state index contributed by atoms with van der Waals surface area (Å²) < 4.78 is 0. The van der Waals surface area contributed by atoms with Gasteiger partial charge in [0.05, 0.1) is 4.92 Å². The lowest BCUT2D eigenvalue weighted by Gasteiger charge is -2.03. The maximum atomic E-state index is 10.5. The molecule has 0 aromatic heterocycles. The van der Waals surface area contributed by atoms with Crippen LogP contribution in [0.15, 0.2) is 12.1 Å². The van der Waals surface area contributed by atoms with Crippen LogP contribution in [-0.2, 0) is 6.42 Å². The minimum Gasteiger partial charge on any atom is -0.396 e. The van der Waals surface area contributed by atoms with Crippen molar-refractivity contribution in [3.05, 3.63) is 37.9 Å². The highest BCUT2D eigenvalue weighted by Crippen LogP contribution is 2.30. The third kappa shape index (κ3) is 2.35. The Labute approximate surface area is 90.2 Å². The molecule has 0 unspecified atom stereocenters. The summed E-state index contributed by atoms with van der Waals surface area (Å²) in [6.07, 6.45) is 0.275. The Balaban J connectivity index is 3.20. The standard InChI is InChI=1S/C8H7Cl2NO3/c9-6-4-7(10)8(11(13)14)3-5(6)1-2-12/h3-4,12H,1-2H2. The number of rotatable bonds is 3. The Morgan fingerprint density at radius 2 is 2.00 bits per heavy atom. The summed E-state index contributed by atoms with van der Waals surface area (Å²) in [4.78, 5) is 9.92. The van der Waals surface area contributed by atoms with Crippen LogP contribution in [-0.4, -0.2) is 16.6 Å². The molecular formula is C8H7Cl2NO3. The van der Waals surface area contributed by atoms with Gasteiger partial charge in [-0.2, -0.15) is 0 Å². The number of halogens is 2. The van der Waals surface area contributed by atoms with Gasteiger partial charge >= 0.3 is 0 Å². The normalized spacial score (nSPS) is 10.2. The topological polar surface area (TPSA) is 63.4 Å². The van der Waals surface area contributed by atoms with Crippen LogP contribution >= 0.6 is 23.2 Å². The molecule has 0 fully saturated rings. The molecule has 0 spiro atoms. The van der Waals surface area contributed by atoms with Gasteiger partial charge in [0, 0.05) is 17.7 Å². The van der Waals surface area contributed by atoms with Gasteiger partial charge in [0.2, 0.25) is 0 Å². The molecule has 0 saturated carbocycles. The molecular weight excluding hydrogens is 229 g/mol.